The maximum atomic E-state index is 12.7. The summed E-state index contributed by atoms with van der Waals surface area (Å²) < 4.78 is 5.54. The summed E-state index contributed by atoms with van der Waals surface area (Å²) in [7, 11) is 3.65. The van der Waals surface area contributed by atoms with Gasteiger partial charge in [-0.2, -0.15) is 5.26 Å². The van der Waals surface area contributed by atoms with Crippen LogP contribution in [0, 0.1) is 11.3 Å². The highest BCUT2D eigenvalue weighted by atomic mass is 16.5. The molecule has 3 rings (SSSR count). The van der Waals surface area contributed by atoms with Crippen LogP contribution in [0.5, 0.6) is 5.75 Å². The summed E-state index contributed by atoms with van der Waals surface area (Å²) in [6, 6.07) is 16.4. The van der Waals surface area contributed by atoms with E-state index in [0.29, 0.717) is 23.6 Å². The number of nitriles is 1. The van der Waals surface area contributed by atoms with Gasteiger partial charge in [0.25, 0.3) is 0 Å². The van der Waals surface area contributed by atoms with E-state index < -0.39 is 5.78 Å². The average Bonchev–Trinajstić information content (AvgIpc) is 2.98. The minimum atomic E-state index is -0.405. The van der Waals surface area contributed by atoms with E-state index in [1.54, 1.807) is 31.2 Å². The number of fused-ring (bicyclic) bond motifs is 1. The Bertz CT molecular complexity index is 956. The number of carbonyl (C=O) groups is 2. The summed E-state index contributed by atoms with van der Waals surface area (Å²) in [6.45, 7) is 1.54. The Morgan fingerprint density at radius 2 is 1.57 bits per heavy atom. The molecule has 6 nitrogen and oxygen atoms in total. The molecule has 0 bridgehead atoms. The average molecular weight is 375 g/mol. The molecule has 6 heteroatoms. The lowest BCUT2D eigenvalue weighted by molar-refractivity contribution is -0.117. The Kier molecular flexibility index (Phi) is 5.46. The summed E-state index contributed by atoms with van der Waals surface area (Å²) >= 11 is 0. The van der Waals surface area contributed by atoms with Crippen LogP contribution in [0.15, 0.2) is 59.9 Å². The van der Waals surface area contributed by atoms with Crippen molar-refractivity contribution >= 4 is 22.9 Å². The Hall–Kier alpha value is -3.59. The second-order valence-electron chi connectivity index (χ2n) is 6.43. The molecule has 0 saturated heterocycles. The Morgan fingerprint density at radius 3 is 2.07 bits per heavy atom. The number of rotatable bonds is 6. The van der Waals surface area contributed by atoms with Gasteiger partial charge in [-0.25, -0.2) is 0 Å². The van der Waals surface area contributed by atoms with Crippen LogP contribution in [-0.4, -0.2) is 32.3 Å². The number of hydrogen-bond acceptors (Lipinski definition) is 6. The summed E-state index contributed by atoms with van der Waals surface area (Å²) in [5.41, 5.74) is 2.50. The Balaban J connectivity index is 1.77. The van der Waals surface area contributed by atoms with Crippen LogP contribution >= 0.6 is 0 Å². The van der Waals surface area contributed by atoms with Gasteiger partial charge in [0.05, 0.1) is 11.4 Å². The molecule has 1 aliphatic rings. The molecule has 0 unspecified atom stereocenters. The van der Waals surface area contributed by atoms with E-state index in [4.69, 9.17) is 4.74 Å². The molecule has 2 aromatic rings. The lowest BCUT2D eigenvalue weighted by Gasteiger charge is -2.20. The zero-order valence-electron chi connectivity index (χ0n) is 16.1. The number of ether oxygens (including phenoxy) is 1. The van der Waals surface area contributed by atoms with Gasteiger partial charge in [0.15, 0.2) is 12.4 Å². The van der Waals surface area contributed by atoms with Gasteiger partial charge in [0.2, 0.25) is 5.78 Å². The SMILES string of the molecule is CCC(=O)c1ccc(OCC(=O)C(C#N)=C2N(C)c3ccccc3N2C)cc1. The molecule has 0 aromatic heterocycles. The smallest absolute Gasteiger partial charge is 0.214 e. The molecule has 142 valence electrons. The predicted molar refractivity (Wildman–Crippen MR) is 107 cm³/mol. The predicted octanol–water partition coefficient (Wildman–Crippen LogP) is 3.55. The van der Waals surface area contributed by atoms with Crippen molar-refractivity contribution in [1.82, 2.24) is 0 Å². The first kappa shape index (κ1) is 19.2. The van der Waals surface area contributed by atoms with Crippen molar-refractivity contribution in [2.75, 3.05) is 30.5 Å². The van der Waals surface area contributed by atoms with Crippen molar-refractivity contribution in [1.29, 1.82) is 5.26 Å². The molecule has 0 aliphatic carbocycles. The minimum Gasteiger partial charge on any atom is -0.485 e. The van der Waals surface area contributed by atoms with E-state index in [1.807, 2.05) is 54.2 Å². The first-order valence-corrected chi connectivity index (χ1v) is 8.98. The fourth-order valence-electron chi connectivity index (χ4n) is 3.22. The summed E-state index contributed by atoms with van der Waals surface area (Å²) in [6.07, 6.45) is 0.432. The Labute approximate surface area is 164 Å². The summed E-state index contributed by atoms with van der Waals surface area (Å²) in [5, 5.41) is 9.62. The normalized spacial score (nSPS) is 12.4. The first-order chi connectivity index (χ1) is 13.5. The molecule has 0 radical (unpaired) electrons. The van der Waals surface area contributed by atoms with Crippen molar-refractivity contribution in [3.8, 4) is 11.8 Å². The van der Waals surface area contributed by atoms with Gasteiger partial charge >= 0.3 is 0 Å². The molecule has 1 heterocycles. The lowest BCUT2D eigenvalue weighted by Crippen LogP contribution is -2.27. The third-order valence-electron chi connectivity index (χ3n) is 4.72. The highest BCUT2D eigenvalue weighted by Gasteiger charge is 2.31. The van der Waals surface area contributed by atoms with E-state index >= 15 is 0 Å². The van der Waals surface area contributed by atoms with Crippen LogP contribution < -0.4 is 14.5 Å². The third-order valence-corrected chi connectivity index (χ3v) is 4.72. The molecule has 2 aromatic carbocycles. The molecular weight excluding hydrogens is 354 g/mol. The second kappa shape index (κ2) is 7.97. The van der Waals surface area contributed by atoms with Crippen molar-refractivity contribution in [3.63, 3.8) is 0 Å². The van der Waals surface area contributed by atoms with Crippen LogP contribution in [0.1, 0.15) is 23.7 Å². The summed E-state index contributed by atoms with van der Waals surface area (Å²) in [4.78, 5) is 28.0. The lowest BCUT2D eigenvalue weighted by atomic mass is 10.1. The van der Waals surface area contributed by atoms with E-state index in [1.165, 1.54) is 0 Å². The van der Waals surface area contributed by atoms with Crippen LogP contribution in [0.3, 0.4) is 0 Å². The summed E-state index contributed by atoms with van der Waals surface area (Å²) in [5.74, 6) is 0.643. The van der Waals surface area contributed by atoms with Gasteiger partial charge in [-0.1, -0.05) is 19.1 Å². The first-order valence-electron chi connectivity index (χ1n) is 8.98. The molecule has 0 fully saturated rings. The number of carbonyl (C=O) groups excluding carboxylic acids is 2. The molecule has 0 spiro atoms. The van der Waals surface area contributed by atoms with Gasteiger partial charge < -0.3 is 14.5 Å². The number of anilines is 2. The molecule has 0 atom stereocenters. The fourth-order valence-corrected chi connectivity index (χ4v) is 3.22. The highest BCUT2D eigenvalue weighted by molar-refractivity contribution is 6.03. The quantitative estimate of drug-likeness (QED) is 0.437. The molecular formula is C22H21N3O3. The van der Waals surface area contributed by atoms with Crippen LogP contribution in [0.4, 0.5) is 11.4 Å². The van der Waals surface area contributed by atoms with Gasteiger partial charge in [-0.05, 0) is 36.4 Å². The number of para-hydroxylation sites is 2. The van der Waals surface area contributed by atoms with Crippen molar-refractivity contribution in [3.05, 3.63) is 65.5 Å². The van der Waals surface area contributed by atoms with Crippen molar-refractivity contribution < 1.29 is 14.3 Å². The molecule has 0 amide bonds. The van der Waals surface area contributed by atoms with Crippen LogP contribution in [-0.2, 0) is 4.79 Å². The topological polar surface area (TPSA) is 73.6 Å². The number of benzene rings is 2. The largest absolute Gasteiger partial charge is 0.485 e. The van der Waals surface area contributed by atoms with Gasteiger partial charge in [-0.3, -0.25) is 9.59 Å². The van der Waals surface area contributed by atoms with Crippen LogP contribution in [0.2, 0.25) is 0 Å². The van der Waals surface area contributed by atoms with E-state index in [-0.39, 0.29) is 18.0 Å². The van der Waals surface area contributed by atoms with Crippen LogP contribution in [0.25, 0.3) is 0 Å². The fraction of sp³-hybridized carbons (Fsp3) is 0.227. The monoisotopic (exact) mass is 375 g/mol. The third kappa shape index (κ3) is 3.47. The number of Topliss-reactive ketones (excluding diaryl/α,β-unsaturated/α-hetero) is 2. The number of hydrogen-bond donors (Lipinski definition) is 0. The van der Waals surface area contributed by atoms with E-state index in [2.05, 4.69) is 0 Å². The number of ketones is 2. The number of nitrogens with zero attached hydrogens (tertiary/aromatic N) is 3. The second-order valence-corrected chi connectivity index (χ2v) is 6.43. The zero-order valence-corrected chi connectivity index (χ0v) is 16.1. The molecule has 0 N–H and O–H groups in total. The molecule has 1 aliphatic heterocycles. The highest BCUT2D eigenvalue weighted by Crippen LogP contribution is 2.40. The van der Waals surface area contributed by atoms with Crippen molar-refractivity contribution in [2.24, 2.45) is 0 Å². The van der Waals surface area contributed by atoms with Crippen molar-refractivity contribution in [2.45, 2.75) is 13.3 Å². The van der Waals surface area contributed by atoms with E-state index in [0.717, 1.165) is 11.4 Å². The molecule has 28 heavy (non-hydrogen) atoms. The van der Waals surface area contributed by atoms with Gasteiger partial charge in [-0.15, -0.1) is 0 Å². The maximum absolute atomic E-state index is 12.7. The van der Waals surface area contributed by atoms with Gasteiger partial charge in [0, 0.05) is 26.1 Å². The standard InChI is InChI=1S/C22H21N3O3/c1-4-20(26)15-9-11-16(12-10-15)28-14-21(27)17(13-23)22-24(2)18-7-5-6-8-19(18)25(22)3/h5-12H,4,14H2,1-3H3. The molecule has 0 saturated carbocycles. The van der Waals surface area contributed by atoms with Gasteiger partial charge in [0.1, 0.15) is 23.2 Å². The maximum Gasteiger partial charge on any atom is 0.214 e. The van der Waals surface area contributed by atoms with E-state index in [9.17, 15) is 14.9 Å². The zero-order chi connectivity index (χ0) is 20.3. The minimum absolute atomic E-state index is 0.0407. The Morgan fingerprint density at radius 1 is 1.00 bits per heavy atom.